The fraction of sp³-hybridized carbons (Fsp3) is 0.500. The van der Waals surface area contributed by atoms with Gasteiger partial charge in [0.15, 0.2) is 0 Å². The number of nitrogens with two attached hydrogens (primary N) is 1. The van der Waals surface area contributed by atoms with Gasteiger partial charge in [-0.3, -0.25) is 9.58 Å². The first-order valence-corrected chi connectivity index (χ1v) is 6.57. The number of likely N-dealkylation sites (N-methyl/N-ethyl adjacent to an activating group) is 1. The molecule has 0 saturated heterocycles. The van der Waals surface area contributed by atoms with Gasteiger partial charge in [-0.2, -0.15) is 5.10 Å². The van der Waals surface area contributed by atoms with Crippen LogP contribution < -0.4 is 5.73 Å². The normalized spacial score (nSPS) is 13.4. The summed E-state index contributed by atoms with van der Waals surface area (Å²) >= 11 is 0. The molecule has 0 aliphatic rings. The van der Waals surface area contributed by atoms with Gasteiger partial charge in [-0.1, -0.05) is 0 Å². The standard InChI is InChI=1S/C14H22N4O/c1-11(2)18-9-13(7-16-18)14(6-15)17(3)8-12-4-5-19-10-12/h4-5,7,9-11,14H,6,8,15H2,1-3H3. The minimum atomic E-state index is 0.169. The summed E-state index contributed by atoms with van der Waals surface area (Å²) in [5.74, 6) is 0. The molecule has 1 atom stereocenters. The van der Waals surface area contributed by atoms with Crippen LogP contribution >= 0.6 is 0 Å². The lowest BCUT2D eigenvalue weighted by Crippen LogP contribution is -2.29. The number of rotatable bonds is 6. The van der Waals surface area contributed by atoms with Crippen molar-refractivity contribution in [3.63, 3.8) is 0 Å². The highest BCUT2D eigenvalue weighted by atomic mass is 16.3. The van der Waals surface area contributed by atoms with E-state index in [1.807, 2.05) is 16.9 Å². The Balaban J connectivity index is 2.09. The van der Waals surface area contributed by atoms with Crippen molar-refractivity contribution < 1.29 is 4.42 Å². The summed E-state index contributed by atoms with van der Waals surface area (Å²) in [5.41, 5.74) is 8.22. The molecular formula is C14H22N4O. The van der Waals surface area contributed by atoms with Gasteiger partial charge in [-0.15, -0.1) is 0 Å². The fourth-order valence-electron chi connectivity index (χ4n) is 2.16. The molecule has 104 valence electrons. The maximum absolute atomic E-state index is 5.92. The SMILES string of the molecule is CC(C)n1cc(C(CN)N(C)Cc2ccoc2)cn1. The Morgan fingerprint density at radius 3 is 2.79 bits per heavy atom. The molecule has 0 aromatic carbocycles. The highest BCUT2D eigenvalue weighted by molar-refractivity contribution is 5.13. The molecule has 0 aliphatic heterocycles. The minimum Gasteiger partial charge on any atom is -0.472 e. The molecule has 2 rings (SSSR count). The lowest BCUT2D eigenvalue weighted by Gasteiger charge is -2.25. The lowest BCUT2D eigenvalue weighted by atomic mass is 10.1. The molecule has 5 nitrogen and oxygen atoms in total. The monoisotopic (exact) mass is 262 g/mol. The Bertz CT molecular complexity index is 489. The second-order valence-corrected chi connectivity index (χ2v) is 5.15. The molecule has 2 heterocycles. The predicted molar refractivity (Wildman–Crippen MR) is 74.6 cm³/mol. The highest BCUT2D eigenvalue weighted by Crippen LogP contribution is 2.21. The molecule has 2 aromatic heterocycles. The molecule has 0 saturated carbocycles. The number of furan rings is 1. The van der Waals surface area contributed by atoms with Gasteiger partial charge in [-0.05, 0) is 27.0 Å². The smallest absolute Gasteiger partial charge is 0.0947 e. The van der Waals surface area contributed by atoms with E-state index >= 15 is 0 Å². The zero-order valence-corrected chi connectivity index (χ0v) is 11.8. The third-order valence-corrected chi connectivity index (χ3v) is 3.30. The first-order valence-electron chi connectivity index (χ1n) is 6.57. The Labute approximate surface area is 114 Å². The van der Waals surface area contributed by atoms with Gasteiger partial charge in [0.25, 0.3) is 0 Å². The Morgan fingerprint density at radius 2 is 2.26 bits per heavy atom. The molecule has 2 aromatic rings. The molecule has 0 bridgehead atoms. The van der Waals surface area contributed by atoms with Gasteiger partial charge in [-0.25, -0.2) is 0 Å². The van der Waals surface area contributed by atoms with Gasteiger partial charge in [0.2, 0.25) is 0 Å². The Morgan fingerprint density at radius 1 is 1.47 bits per heavy atom. The van der Waals surface area contributed by atoms with Crippen LogP contribution in [0.15, 0.2) is 35.4 Å². The number of nitrogens with zero attached hydrogens (tertiary/aromatic N) is 3. The van der Waals surface area contributed by atoms with Crippen LogP contribution in [0.25, 0.3) is 0 Å². The third-order valence-electron chi connectivity index (χ3n) is 3.30. The zero-order chi connectivity index (χ0) is 13.8. The van der Waals surface area contributed by atoms with Crippen LogP contribution in [-0.2, 0) is 6.54 Å². The third kappa shape index (κ3) is 3.24. The molecule has 5 heteroatoms. The molecule has 2 N–H and O–H groups in total. The average Bonchev–Trinajstić information content (AvgIpc) is 3.01. The number of aromatic nitrogens is 2. The van der Waals surface area contributed by atoms with E-state index in [4.69, 9.17) is 10.2 Å². The van der Waals surface area contributed by atoms with E-state index in [0.717, 1.165) is 17.7 Å². The van der Waals surface area contributed by atoms with Crippen molar-refractivity contribution in [1.29, 1.82) is 0 Å². The molecule has 0 fully saturated rings. The minimum absolute atomic E-state index is 0.169. The van der Waals surface area contributed by atoms with E-state index in [1.54, 1.807) is 12.5 Å². The predicted octanol–water partition coefficient (Wildman–Crippen LogP) is 2.19. The van der Waals surface area contributed by atoms with Crippen molar-refractivity contribution in [2.45, 2.75) is 32.5 Å². The topological polar surface area (TPSA) is 60.2 Å². The van der Waals surface area contributed by atoms with E-state index in [1.165, 1.54) is 0 Å². The Kier molecular flexibility index (Phi) is 4.39. The first-order chi connectivity index (χ1) is 9.11. The summed E-state index contributed by atoms with van der Waals surface area (Å²) in [5, 5.41) is 4.38. The summed E-state index contributed by atoms with van der Waals surface area (Å²) in [7, 11) is 2.07. The van der Waals surface area contributed by atoms with Crippen molar-refractivity contribution in [3.8, 4) is 0 Å². The second kappa shape index (κ2) is 6.04. The molecule has 0 aliphatic carbocycles. The molecule has 0 amide bonds. The quantitative estimate of drug-likeness (QED) is 0.867. The van der Waals surface area contributed by atoms with E-state index in [9.17, 15) is 0 Å². The summed E-state index contributed by atoms with van der Waals surface area (Å²) in [6, 6.07) is 2.51. The maximum atomic E-state index is 5.92. The molecule has 1 unspecified atom stereocenters. The second-order valence-electron chi connectivity index (χ2n) is 5.15. The van der Waals surface area contributed by atoms with E-state index in [0.29, 0.717) is 12.6 Å². The fourth-order valence-corrected chi connectivity index (χ4v) is 2.16. The summed E-state index contributed by atoms with van der Waals surface area (Å²) in [6.07, 6.45) is 7.44. The van der Waals surface area contributed by atoms with Crippen LogP contribution in [0.3, 0.4) is 0 Å². The molecule has 19 heavy (non-hydrogen) atoms. The van der Waals surface area contributed by atoms with Crippen molar-refractivity contribution >= 4 is 0 Å². The molecule has 0 radical (unpaired) electrons. The zero-order valence-electron chi connectivity index (χ0n) is 11.8. The van der Waals surface area contributed by atoms with Crippen LogP contribution in [0.5, 0.6) is 0 Å². The summed E-state index contributed by atoms with van der Waals surface area (Å²) < 4.78 is 7.06. The van der Waals surface area contributed by atoms with Crippen molar-refractivity contribution in [2.24, 2.45) is 5.73 Å². The van der Waals surface area contributed by atoms with Gasteiger partial charge >= 0.3 is 0 Å². The average molecular weight is 262 g/mol. The van der Waals surface area contributed by atoms with Crippen LogP contribution in [0.1, 0.15) is 37.1 Å². The van der Waals surface area contributed by atoms with Crippen LogP contribution in [0, 0.1) is 0 Å². The summed E-state index contributed by atoms with van der Waals surface area (Å²) in [6.45, 7) is 5.61. The van der Waals surface area contributed by atoms with E-state index in [2.05, 4.69) is 37.1 Å². The van der Waals surface area contributed by atoms with Gasteiger partial charge in [0.05, 0.1) is 24.8 Å². The van der Waals surface area contributed by atoms with E-state index < -0.39 is 0 Å². The largest absolute Gasteiger partial charge is 0.472 e. The maximum Gasteiger partial charge on any atom is 0.0947 e. The Hall–Kier alpha value is -1.59. The molecule has 0 spiro atoms. The van der Waals surface area contributed by atoms with Gasteiger partial charge < -0.3 is 10.2 Å². The summed E-state index contributed by atoms with van der Waals surface area (Å²) in [4.78, 5) is 2.21. The first kappa shape index (κ1) is 13.8. The highest BCUT2D eigenvalue weighted by Gasteiger charge is 2.18. The van der Waals surface area contributed by atoms with Crippen molar-refractivity contribution in [1.82, 2.24) is 14.7 Å². The van der Waals surface area contributed by atoms with Crippen molar-refractivity contribution in [3.05, 3.63) is 42.1 Å². The van der Waals surface area contributed by atoms with Crippen molar-refractivity contribution in [2.75, 3.05) is 13.6 Å². The lowest BCUT2D eigenvalue weighted by molar-refractivity contribution is 0.241. The van der Waals surface area contributed by atoms with Crippen LogP contribution in [0.4, 0.5) is 0 Å². The number of hydrogen-bond acceptors (Lipinski definition) is 4. The van der Waals surface area contributed by atoms with Gasteiger partial charge in [0.1, 0.15) is 0 Å². The van der Waals surface area contributed by atoms with E-state index in [-0.39, 0.29) is 6.04 Å². The number of hydrogen-bond donors (Lipinski definition) is 1. The van der Waals surface area contributed by atoms with Crippen LogP contribution in [0.2, 0.25) is 0 Å². The van der Waals surface area contributed by atoms with Gasteiger partial charge in [0, 0.05) is 36.5 Å². The van der Waals surface area contributed by atoms with Crippen LogP contribution in [-0.4, -0.2) is 28.3 Å². The molecular weight excluding hydrogens is 240 g/mol.